The van der Waals surface area contributed by atoms with Crippen LogP contribution in [0, 0.1) is 6.92 Å². The molecule has 0 aliphatic carbocycles. The number of aromatic hydroxyl groups is 2. The fourth-order valence-electron chi connectivity index (χ4n) is 1.68. The summed E-state index contributed by atoms with van der Waals surface area (Å²) in [6.07, 6.45) is 0. The van der Waals surface area contributed by atoms with Crippen LogP contribution in [-0.4, -0.2) is 16.0 Å². The molecule has 2 aromatic carbocycles. The van der Waals surface area contributed by atoms with Crippen LogP contribution in [0.4, 0.5) is 0 Å². The first-order valence-electron chi connectivity index (χ1n) is 5.22. The van der Waals surface area contributed by atoms with E-state index in [9.17, 15) is 15.0 Å². The monoisotopic (exact) mass is 228 g/mol. The van der Waals surface area contributed by atoms with Crippen LogP contribution in [0.3, 0.4) is 0 Å². The van der Waals surface area contributed by atoms with E-state index in [2.05, 4.69) is 0 Å². The maximum Gasteiger partial charge on any atom is 0.196 e. The van der Waals surface area contributed by atoms with E-state index in [0.717, 1.165) is 0 Å². The number of aryl methyl sites for hydroxylation is 1. The van der Waals surface area contributed by atoms with Crippen molar-refractivity contribution < 1.29 is 15.0 Å². The van der Waals surface area contributed by atoms with Gasteiger partial charge in [0.2, 0.25) is 0 Å². The smallest absolute Gasteiger partial charge is 0.196 e. The molecule has 17 heavy (non-hydrogen) atoms. The molecule has 86 valence electrons. The molecule has 2 aromatic rings. The van der Waals surface area contributed by atoms with E-state index in [1.807, 2.05) is 6.07 Å². The zero-order chi connectivity index (χ0) is 12.4. The molecule has 0 heterocycles. The third kappa shape index (κ3) is 2.13. The highest BCUT2D eigenvalue weighted by Gasteiger charge is 2.15. The molecule has 0 spiro atoms. The molecule has 0 radical (unpaired) electrons. The van der Waals surface area contributed by atoms with Crippen molar-refractivity contribution in [1.82, 2.24) is 0 Å². The van der Waals surface area contributed by atoms with E-state index >= 15 is 0 Å². The van der Waals surface area contributed by atoms with Crippen molar-refractivity contribution in [2.75, 3.05) is 0 Å². The molecule has 2 N–H and O–H groups in total. The third-order valence-electron chi connectivity index (χ3n) is 2.57. The van der Waals surface area contributed by atoms with Gasteiger partial charge in [-0.2, -0.15) is 0 Å². The summed E-state index contributed by atoms with van der Waals surface area (Å²) in [6, 6.07) is 11.3. The zero-order valence-corrected chi connectivity index (χ0v) is 9.34. The molecule has 0 aliphatic rings. The molecule has 0 aromatic heterocycles. The van der Waals surface area contributed by atoms with E-state index in [0.29, 0.717) is 11.1 Å². The predicted molar refractivity (Wildman–Crippen MR) is 64.4 cm³/mol. The third-order valence-corrected chi connectivity index (χ3v) is 2.57. The lowest BCUT2D eigenvalue weighted by atomic mass is 10.00. The van der Waals surface area contributed by atoms with E-state index in [-0.39, 0.29) is 22.8 Å². The van der Waals surface area contributed by atoms with Crippen LogP contribution in [0.5, 0.6) is 11.5 Å². The number of phenols is 2. The maximum atomic E-state index is 12.1. The molecular weight excluding hydrogens is 216 g/mol. The number of benzene rings is 2. The van der Waals surface area contributed by atoms with Gasteiger partial charge in [-0.1, -0.05) is 30.3 Å². The van der Waals surface area contributed by atoms with Crippen LogP contribution in [0.2, 0.25) is 0 Å². The Balaban J connectivity index is 2.52. The second-order valence-corrected chi connectivity index (χ2v) is 3.85. The van der Waals surface area contributed by atoms with E-state index in [4.69, 9.17) is 0 Å². The first-order valence-corrected chi connectivity index (χ1v) is 5.22. The lowest BCUT2D eigenvalue weighted by molar-refractivity contribution is 0.103. The van der Waals surface area contributed by atoms with Crippen molar-refractivity contribution in [3.05, 3.63) is 59.2 Å². The summed E-state index contributed by atoms with van der Waals surface area (Å²) in [4.78, 5) is 12.1. The van der Waals surface area contributed by atoms with Crippen LogP contribution >= 0.6 is 0 Å². The van der Waals surface area contributed by atoms with E-state index in [1.165, 1.54) is 12.1 Å². The lowest BCUT2D eigenvalue weighted by Gasteiger charge is -2.07. The Morgan fingerprint density at radius 2 is 1.71 bits per heavy atom. The highest BCUT2D eigenvalue weighted by Crippen LogP contribution is 2.28. The molecular formula is C14H12O3. The van der Waals surface area contributed by atoms with Crippen LogP contribution in [0.25, 0.3) is 0 Å². The van der Waals surface area contributed by atoms with Gasteiger partial charge >= 0.3 is 0 Å². The summed E-state index contributed by atoms with van der Waals surface area (Å²) >= 11 is 0. The molecule has 0 fully saturated rings. The number of carbonyl (C=O) groups is 1. The molecule has 0 unspecified atom stereocenters. The number of hydrogen-bond donors (Lipinski definition) is 2. The molecule has 2 rings (SSSR count). The Labute approximate surface area is 99.0 Å². The van der Waals surface area contributed by atoms with Crippen molar-refractivity contribution in [3.63, 3.8) is 0 Å². The van der Waals surface area contributed by atoms with Crippen LogP contribution < -0.4 is 0 Å². The van der Waals surface area contributed by atoms with Crippen LogP contribution in [0.15, 0.2) is 42.5 Å². The van der Waals surface area contributed by atoms with Gasteiger partial charge in [0, 0.05) is 5.56 Å². The van der Waals surface area contributed by atoms with Gasteiger partial charge in [-0.25, -0.2) is 0 Å². The molecule has 0 saturated carbocycles. The standard InChI is InChI=1S/C14H12O3/c1-9-7-11(15)8-12(13(9)16)14(17)10-5-3-2-4-6-10/h2-8,15-16H,1H3. The molecule has 3 heteroatoms. The lowest BCUT2D eigenvalue weighted by Crippen LogP contribution is -2.02. The van der Waals surface area contributed by atoms with Gasteiger partial charge in [0.05, 0.1) is 5.56 Å². The quantitative estimate of drug-likeness (QED) is 0.613. The summed E-state index contributed by atoms with van der Waals surface area (Å²) in [7, 11) is 0. The zero-order valence-electron chi connectivity index (χ0n) is 9.34. The minimum absolute atomic E-state index is 0.0282. The minimum Gasteiger partial charge on any atom is -0.508 e. The SMILES string of the molecule is Cc1cc(O)cc(C(=O)c2ccccc2)c1O. The predicted octanol–water partition coefficient (Wildman–Crippen LogP) is 2.64. The van der Waals surface area contributed by atoms with Crippen LogP contribution in [0.1, 0.15) is 21.5 Å². The molecule has 0 aliphatic heterocycles. The fraction of sp³-hybridized carbons (Fsp3) is 0.0714. The Morgan fingerprint density at radius 3 is 2.35 bits per heavy atom. The summed E-state index contributed by atoms with van der Waals surface area (Å²) in [5.74, 6) is -0.418. The number of rotatable bonds is 2. The van der Waals surface area contributed by atoms with Gasteiger partial charge < -0.3 is 10.2 Å². The number of carbonyl (C=O) groups excluding carboxylic acids is 1. The van der Waals surface area contributed by atoms with Crippen molar-refractivity contribution in [2.24, 2.45) is 0 Å². The van der Waals surface area contributed by atoms with Crippen molar-refractivity contribution in [3.8, 4) is 11.5 Å². The van der Waals surface area contributed by atoms with Gasteiger partial charge in [0.25, 0.3) is 0 Å². The van der Waals surface area contributed by atoms with Crippen molar-refractivity contribution >= 4 is 5.78 Å². The summed E-state index contributed by atoms with van der Waals surface area (Å²) in [6.45, 7) is 1.64. The van der Waals surface area contributed by atoms with Gasteiger partial charge in [-0.05, 0) is 24.6 Å². The van der Waals surface area contributed by atoms with Crippen LogP contribution in [-0.2, 0) is 0 Å². The van der Waals surface area contributed by atoms with Crippen molar-refractivity contribution in [1.29, 1.82) is 0 Å². The normalized spacial score (nSPS) is 10.2. The fourth-order valence-corrected chi connectivity index (χ4v) is 1.68. The molecule has 0 bridgehead atoms. The van der Waals surface area contributed by atoms with E-state index < -0.39 is 0 Å². The molecule has 0 atom stereocenters. The average Bonchev–Trinajstić information content (AvgIpc) is 2.34. The first-order chi connectivity index (χ1) is 8.09. The topological polar surface area (TPSA) is 57.5 Å². The minimum atomic E-state index is -0.304. The summed E-state index contributed by atoms with van der Waals surface area (Å²) < 4.78 is 0. The van der Waals surface area contributed by atoms with Gasteiger partial charge in [-0.3, -0.25) is 4.79 Å². The first kappa shape index (κ1) is 11.2. The number of phenolic OH excluding ortho intramolecular Hbond substituents is 2. The molecule has 0 saturated heterocycles. The number of ketones is 1. The molecule has 0 amide bonds. The number of hydrogen-bond acceptors (Lipinski definition) is 3. The summed E-state index contributed by atoms with van der Waals surface area (Å²) in [5.41, 5.74) is 1.07. The van der Waals surface area contributed by atoms with Gasteiger partial charge in [0.1, 0.15) is 11.5 Å². The largest absolute Gasteiger partial charge is 0.508 e. The summed E-state index contributed by atoms with van der Waals surface area (Å²) in [5, 5.41) is 19.3. The van der Waals surface area contributed by atoms with E-state index in [1.54, 1.807) is 31.2 Å². The molecule has 3 nitrogen and oxygen atoms in total. The second-order valence-electron chi connectivity index (χ2n) is 3.85. The average molecular weight is 228 g/mol. The Morgan fingerprint density at radius 1 is 1.06 bits per heavy atom. The Hall–Kier alpha value is -2.29. The highest BCUT2D eigenvalue weighted by molar-refractivity contribution is 6.11. The van der Waals surface area contributed by atoms with Gasteiger partial charge in [0.15, 0.2) is 5.78 Å². The Kier molecular flexibility index (Phi) is 2.83. The maximum absolute atomic E-state index is 12.1. The Bertz CT molecular complexity index is 559. The highest BCUT2D eigenvalue weighted by atomic mass is 16.3. The van der Waals surface area contributed by atoms with Crippen molar-refractivity contribution in [2.45, 2.75) is 6.92 Å². The van der Waals surface area contributed by atoms with Gasteiger partial charge in [-0.15, -0.1) is 0 Å². The second kappa shape index (κ2) is 4.29.